The molecule has 1 aromatic heterocycles. The van der Waals surface area contributed by atoms with Gasteiger partial charge in [0.1, 0.15) is 5.01 Å². The van der Waals surface area contributed by atoms with Crippen molar-refractivity contribution in [3.05, 3.63) is 34.6 Å². The zero-order valence-corrected chi connectivity index (χ0v) is 9.85. The molecule has 1 heterocycles. The van der Waals surface area contributed by atoms with Gasteiger partial charge in [-0.3, -0.25) is 4.79 Å². The number of halogens is 3. The number of methoxy groups -OCH3 is 1. The lowest BCUT2D eigenvalue weighted by Gasteiger charge is -2.07. The molecule has 2 rings (SSSR count). The number of rotatable bonds is 3. The molecule has 0 aliphatic carbocycles. The number of thiazole rings is 1. The normalized spacial score (nSPS) is 10.4. The number of carbonyl (C=O) groups is 1. The average molecular weight is 273 g/mol. The minimum absolute atomic E-state index is 0.0757. The molecule has 1 aromatic carbocycles. The summed E-state index contributed by atoms with van der Waals surface area (Å²) in [5, 5.41) is 0.0757. The summed E-state index contributed by atoms with van der Waals surface area (Å²) in [6, 6.07) is 0.681. The van der Waals surface area contributed by atoms with Crippen LogP contribution in [-0.4, -0.2) is 18.4 Å². The van der Waals surface area contributed by atoms with Crippen molar-refractivity contribution in [2.24, 2.45) is 0 Å². The fourth-order valence-electron chi connectivity index (χ4n) is 1.38. The van der Waals surface area contributed by atoms with Gasteiger partial charge in [0.25, 0.3) is 0 Å². The summed E-state index contributed by atoms with van der Waals surface area (Å²) >= 11 is 0.870. The smallest absolute Gasteiger partial charge is 0.203 e. The first kappa shape index (κ1) is 12.6. The summed E-state index contributed by atoms with van der Waals surface area (Å²) in [5.74, 6) is -4.51. The lowest BCUT2D eigenvalue weighted by Crippen LogP contribution is -1.98. The number of hydrogen-bond acceptors (Lipinski definition) is 4. The van der Waals surface area contributed by atoms with Crippen molar-refractivity contribution in [1.29, 1.82) is 0 Å². The zero-order chi connectivity index (χ0) is 13.3. The molecule has 0 saturated carbocycles. The van der Waals surface area contributed by atoms with Crippen LogP contribution in [0.4, 0.5) is 13.2 Å². The predicted octanol–water partition coefficient (Wildman–Crippen LogP) is 3.05. The van der Waals surface area contributed by atoms with Crippen LogP contribution in [0.1, 0.15) is 9.67 Å². The van der Waals surface area contributed by atoms with E-state index in [4.69, 9.17) is 0 Å². The van der Waals surface area contributed by atoms with Crippen molar-refractivity contribution in [1.82, 2.24) is 4.98 Å². The minimum Gasteiger partial charge on any atom is -0.491 e. The number of carbonyl (C=O) groups excluding carboxylic acids is 1. The molecule has 0 aliphatic rings. The number of benzene rings is 1. The highest BCUT2D eigenvalue weighted by molar-refractivity contribution is 7.16. The molecule has 94 valence electrons. The Morgan fingerprint density at radius 2 is 2.06 bits per heavy atom. The highest BCUT2D eigenvalue weighted by Gasteiger charge is 2.22. The Morgan fingerprint density at radius 3 is 2.61 bits per heavy atom. The number of nitrogens with zero attached hydrogens (tertiary/aromatic N) is 1. The maximum absolute atomic E-state index is 13.9. The van der Waals surface area contributed by atoms with Crippen LogP contribution in [0.5, 0.6) is 5.75 Å². The quantitative estimate of drug-likeness (QED) is 0.637. The minimum atomic E-state index is -1.40. The molecule has 0 unspecified atom stereocenters. The first-order valence-electron chi connectivity index (χ1n) is 4.71. The molecule has 0 radical (unpaired) electrons. The maximum Gasteiger partial charge on any atom is 0.203 e. The van der Waals surface area contributed by atoms with Gasteiger partial charge in [0.05, 0.1) is 17.6 Å². The average Bonchev–Trinajstić information content (AvgIpc) is 2.83. The fourth-order valence-corrected chi connectivity index (χ4v) is 2.12. The van der Waals surface area contributed by atoms with E-state index in [-0.39, 0.29) is 15.4 Å². The van der Waals surface area contributed by atoms with E-state index < -0.39 is 23.2 Å². The standard InChI is InChI=1S/C11H6F3NO2S/c1-17-10-8(13)6(2-7(12)9(10)14)11-15-3-5(4-16)18-11/h2-4H,1H3. The van der Waals surface area contributed by atoms with E-state index in [1.54, 1.807) is 0 Å². The summed E-state index contributed by atoms with van der Waals surface area (Å²) < 4.78 is 44.8. The lowest BCUT2D eigenvalue weighted by atomic mass is 10.2. The van der Waals surface area contributed by atoms with Crippen molar-refractivity contribution in [3.8, 4) is 16.3 Å². The van der Waals surface area contributed by atoms with Gasteiger partial charge in [0, 0.05) is 6.20 Å². The van der Waals surface area contributed by atoms with Crippen molar-refractivity contribution < 1.29 is 22.7 Å². The van der Waals surface area contributed by atoms with Crippen molar-refractivity contribution >= 4 is 17.6 Å². The van der Waals surface area contributed by atoms with E-state index in [9.17, 15) is 18.0 Å². The number of hydrogen-bond donors (Lipinski definition) is 0. The van der Waals surface area contributed by atoms with Crippen LogP contribution in [0.2, 0.25) is 0 Å². The molecule has 0 bridgehead atoms. The van der Waals surface area contributed by atoms with Crippen LogP contribution in [-0.2, 0) is 0 Å². The second-order valence-corrected chi connectivity index (χ2v) is 4.32. The van der Waals surface area contributed by atoms with Gasteiger partial charge in [-0.25, -0.2) is 13.8 Å². The Labute approximate surface area is 104 Å². The largest absolute Gasteiger partial charge is 0.491 e. The molecule has 0 N–H and O–H groups in total. The van der Waals surface area contributed by atoms with Crippen molar-refractivity contribution in [2.75, 3.05) is 7.11 Å². The van der Waals surface area contributed by atoms with Crippen LogP contribution >= 0.6 is 11.3 Å². The molecule has 0 fully saturated rings. The molecule has 7 heteroatoms. The van der Waals surface area contributed by atoms with Gasteiger partial charge < -0.3 is 4.74 Å². The molecule has 2 aromatic rings. The molecule has 0 saturated heterocycles. The second kappa shape index (κ2) is 4.77. The van der Waals surface area contributed by atoms with Gasteiger partial charge in [0.15, 0.2) is 23.7 Å². The summed E-state index contributed by atoms with van der Waals surface area (Å²) in [4.78, 5) is 14.5. The molecule has 18 heavy (non-hydrogen) atoms. The molecule has 3 nitrogen and oxygen atoms in total. The Morgan fingerprint density at radius 1 is 1.33 bits per heavy atom. The Kier molecular flexibility index (Phi) is 3.33. The van der Waals surface area contributed by atoms with Gasteiger partial charge in [0.2, 0.25) is 5.82 Å². The number of ether oxygens (including phenoxy) is 1. The first-order chi connectivity index (χ1) is 8.58. The predicted molar refractivity (Wildman–Crippen MR) is 59.4 cm³/mol. The Balaban J connectivity index is 2.64. The van der Waals surface area contributed by atoms with Crippen LogP contribution in [0, 0.1) is 17.5 Å². The molecule has 0 aliphatic heterocycles. The van der Waals surface area contributed by atoms with E-state index in [1.807, 2.05) is 0 Å². The fraction of sp³-hybridized carbons (Fsp3) is 0.0909. The van der Waals surface area contributed by atoms with Crippen LogP contribution in [0.15, 0.2) is 12.3 Å². The Bertz CT molecular complexity index is 613. The molecular formula is C11H6F3NO2S. The highest BCUT2D eigenvalue weighted by Crippen LogP contribution is 2.34. The SMILES string of the molecule is COc1c(F)c(F)cc(-c2ncc(C=O)s2)c1F. The molecule has 0 atom stereocenters. The second-order valence-electron chi connectivity index (χ2n) is 3.25. The van der Waals surface area contributed by atoms with Gasteiger partial charge >= 0.3 is 0 Å². The van der Waals surface area contributed by atoms with Gasteiger partial charge in [-0.05, 0) is 6.07 Å². The first-order valence-corrected chi connectivity index (χ1v) is 5.53. The van der Waals surface area contributed by atoms with Crippen molar-refractivity contribution in [3.63, 3.8) is 0 Å². The number of aldehydes is 1. The van der Waals surface area contributed by atoms with E-state index in [1.165, 1.54) is 6.20 Å². The summed E-state index contributed by atoms with van der Waals surface area (Å²) in [7, 11) is 1.03. The summed E-state index contributed by atoms with van der Waals surface area (Å²) in [6.45, 7) is 0. The topological polar surface area (TPSA) is 39.2 Å². The molecule has 0 amide bonds. The monoisotopic (exact) mass is 273 g/mol. The molecular weight excluding hydrogens is 267 g/mol. The van der Waals surface area contributed by atoms with Crippen molar-refractivity contribution in [2.45, 2.75) is 0 Å². The van der Waals surface area contributed by atoms with Crippen LogP contribution < -0.4 is 4.74 Å². The van der Waals surface area contributed by atoms with Crippen LogP contribution in [0.3, 0.4) is 0 Å². The third kappa shape index (κ3) is 1.97. The molecule has 0 spiro atoms. The third-order valence-electron chi connectivity index (χ3n) is 2.19. The highest BCUT2D eigenvalue weighted by atomic mass is 32.1. The lowest BCUT2D eigenvalue weighted by molar-refractivity contribution is 0.112. The summed E-state index contributed by atoms with van der Waals surface area (Å²) in [6.07, 6.45) is 1.76. The van der Waals surface area contributed by atoms with Gasteiger partial charge in [-0.15, -0.1) is 11.3 Å². The van der Waals surface area contributed by atoms with E-state index >= 15 is 0 Å². The zero-order valence-electron chi connectivity index (χ0n) is 9.04. The van der Waals surface area contributed by atoms with Crippen LogP contribution in [0.25, 0.3) is 10.6 Å². The number of aromatic nitrogens is 1. The van der Waals surface area contributed by atoms with Gasteiger partial charge in [-0.2, -0.15) is 4.39 Å². The van der Waals surface area contributed by atoms with E-state index in [2.05, 4.69) is 9.72 Å². The maximum atomic E-state index is 13.9. The summed E-state index contributed by atoms with van der Waals surface area (Å²) in [5.41, 5.74) is -0.246. The Hall–Kier alpha value is -1.89. The van der Waals surface area contributed by atoms with E-state index in [0.29, 0.717) is 12.4 Å². The third-order valence-corrected chi connectivity index (χ3v) is 3.15. The van der Waals surface area contributed by atoms with E-state index in [0.717, 1.165) is 18.4 Å². The van der Waals surface area contributed by atoms with Gasteiger partial charge in [-0.1, -0.05) is 0 Å².